The Morgan fingerprint density at radius 2 is 2.00 bits per heavy atom. The Bertz CT molecular complexity index is 771. The smallest absolute Gasteiger partial charge is 0.328 e. The number of amidine groups is 1. The van der Waals surface area contributed by atoms with E-state index < -0.39 is 28.5 Å². The van der Waals surface area contributed by atoms with Crippen molar-refractivity contribution in [3.8, 4) is 0 Å². The Morgan fingerprint density at radius 1 is 1.29 bits per heavy atom. The molecule has 130 valence electrons. The van der Waals surface area contributed by atoms with Gasteiger partial charge in [0, 0.05) is 12.1 Å². The van der Waals surface area contributed by atoms with Crippen LogP contribution in [-0.4, -0.2) is 45.8 Å². The number of nitrogens with one attached hydrogen (secondary N) is 2. The van der Waals surface area contributed by atoms with Gasteiger partial charge in [-0.15, -0.1) is 0 Å². The van der Waals surface area contributed by atoms with E-state index in [2.05, 4.69) is 15.0 Å². The Balaban J connectivity index is 1.90. The van der Waals surface area contributed by atoms with Gasteiger partial charge in [0.25, 0.3) is 15.9 Å². The fourth-order valence-electron chi connectivity index (χ4n) is 1.96. The molecular weight excluding hydrogens is 334 g/mol. The first-order valence-electron chi connectivity index (χ1n) is 7.38. The van der Waals surface area contributed by atoms with Gasteiger partial charge in [-0.05, 0) is 18.1 Å². The zero-order valence-electron chi connectivity index (χ0n) is 13.4. The van der Waals surface area contributed by atoms with Crippen LogP contribution in [-0.2, 0) is 24.3 Å². The van der Waals surface area contributed by atoms with E-state index in [1.54, 1.807) is 18.2 Å². The number of fused-ring (bicyclic) bond motifs is 1. The second-order valence-electron chi connectivity index (χ2n) is 5.63. The van der Waals surface area contributed by atoms with Gasteiger partial charge < -0.3 is 10.1 Å². The molecule has 1 amide bonds. The van der Waals surface area contributed by atoms with E-state index in [0.717, 1.165) is 0 Å². The number of carbonyl (C=O) groups excluding carboxylic acids is 2. The number of benzene rings is 1. The summed E-state index contributed by atoms with van der Waals surface area (Å²) in [7, 11) is -3.64. The van der Waals surface area contributed by atoms with Crippen LogP contribution in [0.25, 0.3) is 0 Å². The summed E-state index contributed by atoms with van der Waals surface area (Å²) in [5.41, 5.74) is 0.403. The van der Waals surface area contributed by atoms with E-state index in [1.807, 2.05) is 13.8 Å². The number of nitrogens with zero attached hydrogens (tertiary/aromatic N) is 1. The van der Waals surface area contributed by atoms with Gasteiger partial charge in [0.05, 0.1) is 4.90 Å². The maximum atomic E-state index is 11.9. The number of esters is 1. The van der Waals surface area contributed by atoms with E-state index in [0.29, 0.717) is 18.0 Å². The fraction of sp³-hybridized carbons (Fsp3) is 0.400. The van der Waals surface area contributed by atoms with Crippen molar-refractivity contribution in [2.24, 2.45) is 10.9 Å². The molecule has 1 aromatic rings. The van der Waals surface area contributed by atoms with Crippen molar-refractivity contribution in [1.29, 1.82) is 0 Å². The lowest BCUT2D eigenvalue weighted by Gasteiger charge is -2.07. The van der Waals surface area contributed by atoms with Crippen molar-refractivity contribution in [3.05, 3.63) is 29.8 Å². The first-order valence-corrected chi connectivity index (χ1v) is 8.87. The van der Waals surface area contributed by atoms with Gasteiger partial charge in [0.1, 0.15) is 12.4 Å². The molecule has 1 aromatic carbocycles. The number of hydrogen-bond donors (Lipinski definition) is 2. The maximum absolute atomic E-state index is 11.9. The third-order valence-electron chi connectivity index (χ3n) is 3.10. The van der Waals surface area contributed by atoms with Crippen LogP contribution in [0.3, 0.4) is 0 Å². The van der Waals surface area contributed by atoms with Crippen LogP contribution in [0.1, 0.15) is 19.4 Å². The van der Waals surface area contributed by atoms with Crippen molar-refractivity contribution in [1.82, 2.24) is 10.0 Å². The summed E-state index contributed by atoms with van der Waals surface area (Å²) in [6, 6.07) is 6.33. The molecule has 0 unspecified atom stereocenters. The lowest BCUT2D eigenvalue weighted by atomic mass is 10.2. The summed E-state index contributed by atoms with van der Waals surface area (Å²) in [5.74, 6) is -0.722. The predicted octanol–water partition coefficient (Wildman–Crippen LogP) is 0.0405. The SMILES string of the molecule is CC(C)CNC(=O)COC(=O)CN=C1NS(=O)(=O)c2ccccc21. The van der Waals surface area contributed by atoms with Crippen LogP contribution in [0.4, 0.5) is 0 Å². The van der Waals surface area contributed by atoms with E-state index >= 15 is 0 Å². The van der Waals surface area contributed by atoms with Crippen molar-refractivity contribution in [2.75, 3.05) is 19.7 Å². The van der Waals surface area contributed by atoms with Crippen LogP contribution >= 0.6 is 0 Å². The van der Waals surface area contributed by atoms with Crippen LogP contribution in [0.15, 0.2) is 34.2 Å². The fourth-order valence-corrected chi connectivity index (χ4v) is 3.21. The van der Waals surface area contributed by atoms with Gasteiger partial charge >= 0.3 is 5.97 Å². The van der Waals surface area contributed by atoms with Gasteiger partial charge in [0.15, 0.2) is 6.61 Å². The molecular formula is C15H19N3O5S. The zero-order chi connectivity index (χ0) is 17.7. The Hall–Kier alpha value is -2.42. The molecule has 9 heteroatoms. The van der Waals surface area contributed by atoms with Crippen molar-refractivity contribution in [2.45, 2.75) is 18.7 Å². The maximum Gasteiger partial charge on any atom is 0.328 e. The molecule has 0 radical (unpaired) electrons. The molecule has 0 fully saturated rings. The average molecular weight is 353 g/mol. The Morgan fingerprint density at radius 3 is 2.71 bits per heavy atom. The van der Waals surface area contributed by atoms with E-state index in [4.69, 9.17) is 4.74 Å². The van der Waals surface area contributed by atoms with Gasteiger partial charge in [-0.2, -0.15) is 0 Å². The van der Waals surface area contributed by atoms with Crippen LogP contribution in [0.2, 0.25) is 0 Å². The minimum atomic E-state index is -3.64. The molecule has 0 bridgehead atoms. The number of aliphatic imine (C=N–C) groups is 1. The topological polar surface area (TPSA) is 114 Å². The molecule has 0 aromatic heterocycles. The molecule has 0 saturated carbocycles. The number of hydrogen-bond acceptors (Lipinski definition) is 6. The van der Waals surface area contributed by atoms with Crippen LogP contribution in [0.5, 0.6) is 0 Å². The standard InChI is InChI=1S/C15H19N3O5S/c1-10(2)7-16-13(19)9-23-14(20)8-17-15-11-5-3-4-6-12(11)24(21,22)18-15/h3-6,10H,7-9H2,1-2H3,(H,16,19)(H,17,18). The predicted molar refractivity (Wildman–Crippen MR) is 87.0 cm³/mol. The second kappa shape index (κ2) is 7.43. The third-order valence-corrected chi connectivity index (χ3v) is 4.50. The van der Waals surface area contributed by atoms with Crippen molar-refractivity contribution < 1.29 is 22.7 Å². The molecule has 8 nitrogen and oxygen atoms in total. The molecule has 0 spiro atoms. The minimum Gasteiger partial charge on any atom is -0.454 e. The molecule has 2 N–H and O–H groups in total. The average Bonchev–Trinajstić information content (AvgIpc) is 2.80. The molecule has 0 aliphatic carbocycles. The molecule has 1 aliphatic heterocycles. The van der Waals surface area contributed by atoms with Crippen LogP contribution in [0, 0.1) is 5.92 Å². The molecule has 2 rings (SSSR count). The number of ether oxygens (including phenoxy) is 1. The van der Waals surface area contributed by atoms with Crippen LogP contribution < -0.4 is 10.0 Å². The summed E-state index contributed by atoms with van der Waals surface area (Å²) in [4.78, 5) is 27.1. The number of rotatable bonds is 6. The highest BCUT2D eigenvalue weighted by Gasteiger charge is 2.30. The molecule has 1 heterocycles. The first kappa shape index (κ1) is 17.9. The summed E-state index contributed by atoms with van der Waals surface area (Å²) in [6.45, 7) is 3.62. The van der Waals surface area contributed by atoms with Gasteiger partial charge in [0.2, 0.25) is 0 Å². The highest BCUT2D eigenvalue weighted by atomic mass is 32.2. The van der Waals surface area contributed by atoms with Gasteiger partial charge in [-0.25, -0.2) is 8.42 Å². The highest BCUT2D eigenvalue weighted by Crippen LogP contribution is 2.21. The number of sulfonamides is 1. The summed E-state index contributed by atoms with van der Waals surface area (Å²) in [6.07, 6.45) is 0. The lowest BCUT2D eigenvalue weighted by molar-refractivity contribution is -0.147. The number of amides is 1. The van der Waals surface area contributed by atoms with E-state index in [1.165, 1.54) is 6.07 Å². The quantitative estimate of drug-likeness (QED) is 0.701. The van der Waals surface area contributed by atoms with Gasteiger partial charge in [-0.3, -0.25) is 19.3 Å². The number of carbonyl (C=O) groups is 2. The first-order chi connectivity index (χ1) is 11.3. The minimum absolute atomic E-state index is 0.0896. The third kappa shape index (κ3) is 4.54. The Kier molecular flexibility index (Phi) is 5.55. The summed E-state index contributed by atoms with van der Waals surface area (Å²) >= 11 is 0. The summed E-state index contributed by atoms with van der Waals surface area (Å²) < 4.78 is 30.9. The lowest BCUT2D eigenvalue weighted by Crippen LogP contribution is -2.32. The van der Waals surface area contributed by atoms with Crippen molar-refractivity contribution in [3.63, 3.8) is 0 Å². The van der Waals surface area contributed by atoms with Crippen molar-refractivity contribution >= 4 is 27.7 Å². The highest BCUT2D eigenvalue weighted by molar-refractivity contribution is 7.90. The largest absolute Gasteiger partial charge is 0.454 e. The molecule has 24 heavy (non-hydrogen) atoms. The Labute approximate surface area is 140 Å². The molecule has 1 aliphatic rings. The van der Waals surface area contributed by atoms with E-state index in [-0.39, 0.29) is 17.3 Å². The van der Waals surface area contributed by atoms with E-state index in [9.17, 15) is 18.0 Å². The monoisotopic (exact) mass is 353 g/mol. The summed E-state index contributed by atoms with van der Waals surface area (Å²) in [5, 5.41) is 2.61. The molecule has 0 saturated heterocycles. The normalized spacial score (nSPS) is 16.5. The van der Waals surface area contributed by atoms with Gasteiger partial charge in [-0.1, -0.05) is 26.0 Å². The molecule has 0 atom stereocenters. The second-order valence-corrected chi connectivity index (χ2v) is 7.28. The zero-order valence-corrected chi connectivity index (χ0v) is 14.2.